The summed E-state index contributed by atoms with van der Waals surface area (Å²) in [6.07, 6.45) is 0.184. The van der Waals surface area contributed by atoms with Gasteiger partial charge in [-0.1, -0.05) is 6.07 Å². The number of carbonyl (C=O) groups is 1. The maximum Gasteiger partial charge on any atom is 0.335 e. The van der Waals surface area contributed by atoms with E-state index in [1.54, 1.807) is 12.1 Å². The van der Waals surface area contributed by atoms with Crippen LogP contribution in [0.1, 0.15) is 10.4 Å². The third-order valence-electron chi connectivity index (χ3n) is 2.39. The van der Waals surface area contributed by atoms with E-state index in [0.717, 1.165) is 0 Å². The van der Waals surface area contributed by atoms with Crippen LogP contribution in [0.3, 0.4) is 0 Å². The van der Waals surface area contributed by atoms with Gasteiger partial charge < -0.3 is 19.3 Å². The van der Waals surface area contributed by atoms with Crippen LogP contribution < -0.4 is 4.74 Å². The Kier molecular flexibility index (Phi) is 3.95. The molecular formula is C12H14O5. The van der Waals surface area contributed by atoms with Gasteiger partial charge in [-0.25, -0.2) is 4.79 Å². The van der Waals surface area contributed by atoms with E-state index in [0.29, 0.717) is 32.2 Å². The molecule has 0 aliphatic carbocycles. The highest BCUT2D eigenvalue weighted by atomic mass is 16.6. The lowest BCUT2D eigenvalue weighted by molar-refractivity contribution is -0.132. The molecule has 0 aromatic heterocycles. The predicted molar refractivity (Wildman–Crippen MR) is 59.5 cm³/mol. The lowest BCUT2D eigenvalue weighted by Gasteiger charge is -2.25. The van der Waals surface area contributed by atoms with Gasteiger partial charge in [-0.15, -0.1) is 0 Å². The first-order chi connectivity index (χ1) is 8.25. The second-order valence-electron chi connectivity index (χ2n) is 3.71. The van der Waals surface area contributed by atoms with Crippen molar-refractivity contribution in [3.8, 4) is 5.75 Å². The molecule has 1 heterocycles. The van der Waals surface area contributed by atoms with Gasteiger partial charge in [0.05, 0.1) is 25.4 Å². The molecule has 5 nitrogen and oxygen atoms in total. The summed E-state index contributed by atoms with van der Waals surface area (Å²) in [5.74, 6) is -0.420. The quantitative estimate of drug-likeness (QED) is 0.754. The second-order valence-corrected chi connectivity index (χ2v) is 3.71. The van der Waals surface area contributed by atoms with E-state index in [4.69, 9.17) is 19.3 Å². The summed E-state index contributed by atoms with van der Waals surface area (Å²) in [6.45, 7) is 2.17. The van der Waals surface area contributed by atoms with Crippen LogP contribution >= 0.6 is 0 Å². The molecule has 1 aliphatic rings. The van der Waals surface area contributed by atoms with Gasteiger partial charge in [-0.05, 0) is 18.2 Å². The minimum absolute atomic E-state index is 0.184. The Morgan fingerprint density at radius 3 is 2.88 bits per heavy atom. The number of benzene rings is 1. The first-order valence-electron chi connectivity index (χ1n) is 5.41. The van der Waals surface area contributed by atoms with Crippen LogP contribution in [0.25, 0.3) is 0 Å². The van der Waals surface area contributed by atoms with Gasteiger partial charge in [-0.3, -0.25) is 0 Å². The van der Waals surface area contributed by atoms with Crippen LogP contribution in [0.4, 0.5) is 0 Å². The molecule has 0 saturated carbocycles. The Morgan fingerprint density at radius 2 is 2.24 bits per heavy atom. The van der Waals surface area contributed by atoms with Crippen LogP contribution in [0.5, 0.6) is 5.75 Å². The van der Waals surface area contributed by atoms with Gasteiger partial charge in [0.1, 0.15) is 18.5 Å². The van der Waals surface area contributed by atoms with Crippen LogP contribution in [0.2, 0.25) is 0 Å². The van der Waals surface area contributed by atoms with Gasteiger partial charge in [0.25, 0.3) is 0 Å². The third kappa shape index (κ3) is 3.44. The Morgan fingerprint density at radius 1 is 1.41 bits per heavy atom. The Hall–Kier alpha value is -1.59. The molecule has 1 aliphatic heterocycles. The van der Waals surface area contributed by atoms with Crippen molar-refractivity contribution >= 4 is 5.97 Å². The molecule has 17 heavy (non-hydrogen) atoms. The molecule has 0 unspecified atom stereocenters. The van der Waals surface area contributed by atoms with Crippen molar-refractivity contribution in [3.63, 3.8) is 0 Å². The molecule has 0 spiro atoms. The van der Waals surface area contributed by atoms with Gasteiger partial charge in [0, 0.05) is 0 Å². The van der Waals surface area contributed by atoms with Gasteiger partial charge in [-0.2, -0.15) is 0 Å². The number of carboxylic acid groups (broad SMARTS) is 1. The van der Waals surface area contributed by atoms with Crippen LogP contribution in [0, 0.1) is 0 Å². The van der Waals surface area contributed by atoms with E-state index in [-0.39, 0.29) is 11.7 Å². The van der Waals surface area contributed by atoms with Crippen molar-refractivity contribution in [3.05, 3.63) is 29.8 Å². The average Bonchev–Trinajstić information content (AvgIpc) is 2.27. The number of rotatable bonds is 6. The van der Waals surface area contributed by atoms with Crippen molar-refractivity contribution in [2.24, 2.45) is 0 Å². The molecule has 1 aromatic carbocycles. The van der Waals surface area contributed by atoms with Crippen LogP contribution in [0.15, 0.2) is 24.3 Å². The number of hydrogen-bond donors (Lipinski definition) is 1. The van der Waals surface area contributed by atoms with Gasteiger partial charge in [0.15, 0.2) is 0 Å². The molecule has 2 rings (SSSR count). The molecule has 0 atom stereocenters. The summed E-state index contributed by atoms with van der Waals surface area (Å²) in [4.78, 5) is 10.7. The van der Waals surface area contributed by atoms with E-state index in [1.807, 2.05) is 0 Å². The van der Waals surface area contributed by atoms with Crippen molar-refractivity contribution in [1.29, 1.82) is 0 Å². The number of ether oxygens (including phenoxy) is 3. The van der Waals surface area contributed by atoms with E-state index in [9.17, 15) is 4.79 Å². The smallest absolute Gasteiger partial charge is 0.335 e. The van der Waals surface area contributed by atoms with Gasteiger partial charge >= 0.3 is 5.97 Å². The monoisotopic (exact) mass is 238 g/mol. The normalized spacial score (nSPS) is 15.3. The van der Waals surface area contributed by atoms with E-state index >= 15 is 0 Å². The maximum absolute atomic E-state index is 10.7. The minimum Gasteiger partial charge on any atom is -0.491 e. The maximum atomic E-state index is 10.7. The minimum atomic E-state index is -0.960. The molecule has 1 N–H and O–H groups in total. The zero-order chi connectivity index (χ0) is 12.1. The second kappa shape index (κ2) is 5.65. The topological polar surface area (TPSA) is 65.0 Å². The van der Waals surface area contributed by atoms with Crippen molar-refractivity contribution in [2.45, 2.75) is 6.10 Å². The van der Waals surface area contributed by atoms with Gasteiger partial charge in [0.2, 0.25) is 0 Å². The summed E-state index contributed by atoms with van der Waals surface area (Å²) in [5, 5.41) is 8.80. The molecule has 5 heteroatoms. The van der Waals surface area contributed by atoms with Crippen LogP contribution in [-0.4, -0.2) is 43.6 Å². The first kappa shape index (κ1) is 11.9. The standard InChI is InChI=1S/C12H14O5/c13-12(14)9-2-1-3-10(6-9)16-4-5-17-11-7-15-8-11/h1-3,6,11H,4-5,7-8H2,(H,13,14). The van der Waals surface area contributed by atoms with E-state index in [1.165, 1.54) is 12.1 Å². The van der Waals surface area contributed by atoms with Crippen molar-refractivity contribution < 1.29 is 24.1 Å². The summed E-state index contributed by atoms with van der Waals surface area (Å²) in [7, 11) is 0. The highest BCUT2D eigenvalue weighted by Gasteiger charge is 2.18. The molecule has 1 saturated heterocycles. The zero-order valence-corrected chi connectivity index (χ0v) is 9.30. The summed E-state index contributed by atoms with van der Waals surface area (Å²) >= 11 is 0. The number of aromatic carboxylic acids is 1. The molecule has 92 valence electrons. The number of hydrogen-bond acceptors (Lipinski definition) is 4. The highest BCUT2D eigenvalue weighted by Crippen LogP contribution is 2.13. The Balaban J connectivity index is 1.73. The lowest BCUT2D eigenvalue weighted by atomic mass is 10.2. The first-order valence-corrected chi connectivity index (χ1v) is 5.41. The Bertz CT molecular complexity index is 386. The SMILES string of the molecule is O=C(O)c1cccc(OCCOC2COC2)c1. The summed E-state index contributed by atoms with van der Waals surface area (Å²) in [5.41, 5.74) is 0.218. The molecule has 1 aromatic rings. The van der Waals surface area contributed by atoms with E-state index < -0.39 is 5.97 Å². The molecule has 0 bridgehead atoms. The third-order valence-corrected chi connectivity index (χ3v) is 2.39. The van der Waals surface area contributed by atoms with E-state index in [2.05, 4.69) is 0 Å². The molecule has 0 radical (unpaired) electrons. The highest BCUT2D eigenvalue weighted by molar-refractivity contribution is 5.87. The van der Waals surface area contributed by atoms with Crippen molar-refractivity contribution in [1.82, 2.24) is 0 Å². The fourth-order valence-electron chi connectivity index (χ4n) is 1.40. The predicted octanol–water partition coefficient (Wildman–Crippen LogP) is 1.18. The number of carboxylic acids is 1. The van der Waals surface area contributed by atoms with Crippen LogP contribution in [-0.2, 0) is 9.47 Å². The lowest BCUT2D eigenvalue weighted by Crippen LogP contribution is -2.37. The van der Waals surface area contributed by atoms with Crippen molar-refractivity contribution in [2.75, 3.05) is 26.4 Å². The fraction of sp³-hybridized carbons (Fsp3) is 0.417. The Labute approximate surface area is 98.9 Å². The molecule has 1 fully saturated rings. The summed E-state index contributed by atoms with van der Waals surface area (Å²) < 4.78 is 15.8. The molecule has 0 amide bonds. The summed E-state index contributed by atoms with van der Waals surface area (Å²) in [6, 6.07) is 6.39. The molecular weight excluding hydrogens is 224 g/mol. The average molecular weight is 238 g/mol. The zero-order valence-electron chi connectivity index (χ0n) is 9.30. The fourth-order valence-corrected chi connectivity index (χ4v) is 1.40. The largest absolute Gasteiger partial charge is 0.491 e.